The molecule has 0 saturated heterocycles. The monoisotopic (exact) mass is 474 g/mol. The number of nitrogens with zero attached hydrogens (tertiary/aromatic N) is 5. The van der Waals surface area contributed by atoms with Crippen molar-refractivity contribution in [1.29, 1.82) is 0 Å². The molecule has 0 spiro atoms. The van der Waals surface area contributed by atoms with Gasteiger partial charge in [0.05, 0.1) is 17.0 Å². The van der Waals surface area contributed by atoms with Crippen LogP contribution in [0.15, 0.2) is 64.1 Å². The Balaban J connectivity index is 1.61. The molecule has 1 N–H and O–H groups in total. The number of aryl methyl sites for hydroxylation is 2. The van der Waals surface area contributed by atoms with Gasteiger partial charge in [0.15, 0.2) is 11.0 Å². The Hall–Kier alpha value is -3.30. The van der Waals surface area contributed by atoms with Gasteiger partial charge < -0.3 is 4.98 Å². The Labute approximate surface area is 199 Å². The molecule has 166 valence electrons. The smallest absolute Gasteiger partial charge is 0.268 e. The molecule has 0 amide bonds. The average molecular weight is 475 g/mol. The van der Waals surface area contributed by atoms with Crippen LogP contribution in [0.25, 0.3) is 27.3 Å². The molecule has 0 aliphatic carbocycles. The van der Waals surface area contributed by atoms with Gasteiger partial charge in [-0.15, -0.1) is 21.5 Å². The molecule has 0 fully saturated rings. The maximum absolute atomic E-state index is 12.4. The quantitative estimate of drug-likeness (QED) is 0.332. The molecule has 0 saturated carbocycles. The molecule has 0 aliphatic heterocycles. The number of benzene rings is 1. The molecule has 33 heavy (non-hydrogen) atoms. The Kier molecular flexibility index (Phi) is 6.06. The van der Waals surface area contributed by atoms with E-state index in [9.17, 15) is 4.79 Å². The number of rotatable bonds is 7. The second kappa shape index (κ2) is 9.29. The summed E-state index contributed by atoms with van der Waals surface area (Å²) in [4.78, 5) is 24.2. The van der Waals surface area contributed by atoms with Gasteiger partial charge in [-0.25, -0.2) is 4.98 Å². The van der Waals surface area contributed by atoms with Gasteiger partial charge in [0.1, 0.15) is 10.5 Å². The fourth-order valence-corrected chi connectivity index (χ4v) is 5.41. The third-order valence-electron chi connectivity index (χ3n) is 5.44. The van der Waals surface area contributed by atoms with Crippen molar-refractivity contribution in [3.63, 3.8) is 0 Å². The first-order chi connectivity index (χ1) is 16.2. The molecular formula is C24H22N6OS2. The summed E-state index contributed by atoms with van der Waals surface area (Å²) < 4.78 is 2.77. The Morgan fingerprint density at radius 1 is 1.06 bits per heavy atom. The summed E-state index contributed by atoms with van der Waals surface area (Å²) in [5, 5.41) is 11.7. The summed E-state index contributed by atoms with van der Waals surface area (Å²) in [6, 6.07) is 12.2. The molecule has 0 unspecified atom stereocenters. The molecule has 5 aromatic rings. The second-order valence-corrected chi connectivity index (χ2v) is 9.31. The minimum absolute atomic E-state index is 0.104. The van der Waals surface area contributed by atoms with Crippen molar-refractivity contribution in [2.75, 3.05) is 0 Å². The molecule has 1 aromatic carbocycles. The van der Waals surface area contributed by atoms with E-state index in [-0.39, 0.29) is 5.56 Å². The first-order valence-corrected chi connectivity index (χ1v) is 12.6. The summed E-state index contributed by atoms with van der Waals surface area (Å²) in [5.74, 6) is 1.84. The van der Waals surface area contributed by atoms with Crippen LogP contribution in [0.1, 0.15) is 30.8 Å². The zero-order chi connectivity index (χ0) is 22.8. The van der Waals surface area contributed by atoms with Crippen LogP contribution in [0.2, 0.25) is 0 Å². The standard InChI is InChI=1S/C24H22N6OS2/c1-3-15-7-5-8-16(4-2)20(15)30-22(17-9-6-11-25-13-17)28-29-24(30)33-14-19-26-18-10-12-32-21(18)23(31)27-19/h5-13H,3-4,14H2,1-2H3,(H,26,27,31). The van der Waals surface area contributed by atoms with Crippen LogP contribution in [-0.2, 0) is 18.6 Å². The number of aromatic nitrogens is 6. The summed E-state index contributed by atoms with van der Waals surface area (Å²) in [7, 11) is 0. The van der Waals surface area contributed by atoms with E-state index in [0.717, 1.165) is 40.6 Å². The zero-order valence-electron chi connectivity index (χ0n) is 18.3. The lowest BCUT2D eigenvalue weighted by atomic mass is 10.0. The van der Waals surface area contributed by atoms with Crippen LogP contribution in [0, 0.1) is 0 Å². The van der Waals surface area contributed by atoms with Gasteiger partial charge in [0.25, 0.3) is 5.56 Å². The van der Waals surface area contributed by atoms with Crippen molar-refractivity contribution in [3.05, 3.63) is 81.5 Å². The van der Waals surface area contributed by atoms with Crippen molar-refractivity contribution in [2.24, 2.45) is 0 Å². The van der Waals surface area contributed by atoms with Crippen LogP contribution in [-0.4, -0.2) is 29.7 Å². The molecule has 5 rings (SSSR count). The number of para-hydroxylation sites is 1. The minimum atomic E-state index is -0.104. The van der Waals surface area contributed by atoms with Gasteiger partial charge in [-0.3, -0.25) is 14.3 Å². The molecule has 0 bridgehead atoms. The lowest BCUT2D eigenvalue weighted by molar-refractivity contribution is 0.856. The summed E-state index contributed by atoms with van der Waals surface area (Å²) in [5.41, 5.74) is 5.09. The van der Waals surface area contributed by atoms with E-state index >= 15 is 0 Å². The second-order valence-electron chi connectivity index (χ2n) is 7.45. The number of pyridine rings is 1. The SMILES string of the molecule is CCc1cccc(CC)c1-n1c(SCc2nc3ccsc3c(=O)[nH]2)nnc1-c1cccnc1. The number of thioether (sulfide) groups is 1. The number of fused-ring (bicyclic) bond motifs is 1. The molecule has 0 aliphatic rings. The van der Waals surface area contributed by atoms with Crippen LogP contribution >= 0.6 is 23.1 Å². The van der Waals surface area contributed by atoms with Gasteiger partial charge in [0.2, 0.25) is 0 Å². The third kappa shape index (κ3) is 4.09. The van der Waals surface area contributed by atoms with E-state index in [1.165, 1.54) is 34.2 Å². The van der Waals surface area contributed by atoms with Crippen molar-refractivity contribution < 1.29 is 0 Å². The largest absolute Gasteiger partial charge is 0.309 e. The number of H-pyrrole nitrogens is 1. The molecule has 0 radical (unpaired) electrons. The van der Waals surface area contributed by atoms with Crippen LogP contribution < -0.4 is 5.56 Å². The Bertz CT molecular complexity index is 1450. The number of nitrogens with one attached hydrogen (secondary N) is 1. The van der Waals surface area contributed by atoms with Gasteiger partial charge in [0, 0.05) is 18.0 Å². The number of aromatic amines is 1. The van der Waals surface area contributed by atoms with Crippen molar-refractivity contribution in [1.82, 2.24) is 29.7 Å². The Morgan fingerprint density at radius 2 is 1.88 bits per heavy atom. The fraction of sp³-hybridized carbons (Fsp3) is 0.208. The van der Waals surface area contributed by atoms with E-state index in [1.807, 2.05) is 23.6 Å². The van der Waals surface area contributed by atoms with E-state index in [1.54, 1.807) is 12.4 Å². The van der Waals surface area contributed by atoms with E-state index in [2.05, 4.69) is 61.8 Å². The summed E-state index contributed by atoms with van der Waals surface area (Å²) >= 11 is 2.91. The lowest BCUT2D eigenvalue weighted by Gasteiger charge is -2.17. The van der Waals surface area contributed by atoms with Crippen molar-refractivity contribution in [3.8, 4) is 17.1 Å². The maximum Gasteiger partial charge on any atom is 0.268 e. The molecule has 4 aromatic heterocycles. The van der Waals surface area contributed by atoms with Gasteiger partial charge in [-0.2, -0.15) is 0 Å². The van der Waals surface area contributed by atoms with Crippen LogP contribution in [0.4, 0.5) is 0 Å². The van der Waals surface area contributed by atoms with E-state index in [4.69, 9.17) is 0 Å². The summed E-state index contributed by atoms with van der Waals surface area (Å²) in [6.07, 6.45) is 5.34. The first kappa shape index (κ1) is 21.5. The first-order valence-electron chi connectivity index (χ1n) is 10.8. The predicted molar refractivity (Wildman–Crippen MR) is 133 cm³/mol. The summed E-state index contributed by atoms with van der Waals surface area (Å²) in [6.45, 7) is 4.31. The highest BCUT2D eigenvalue weighted by molar-refractivity contribution is 7.98. The van der Waals surface area contributed by atoms with Crippen molar-refractivity contribution in [2.45, 2.75) is 37.6 Å². The molecular weight excluding hydrogens is 452 g/mol. The van der Waals surface area contributed by atoms with Gasteiger partial charge in [-0.1, -0.05) is 43.8 Å². The van der Waals surface area contributed by atoms with Crippen LogP contribution in [0.5, 0.6) is 0 Å². The highest BCUT2D eigenvalue weighted by atomic mass is 32.2. The predicted octanol–water partition coefficient (Wildman–Crippen LogP) is 5.04. The molecule has 7 nitrogen and oxygen atoms in total. The number of hydrogen-bond donors (Lipinski definition) is 1. The van der Waals surface area contributed by atoms with Crippen molar-refractivity contribution >= 4 is 33.3 Å². The molecule has 0 atom stereocenters. The molecule has 4 heterocycles. The highest BCUT2D eigenvalue weighted by Crippen LogP contribution is 2.33. The zero-order valence-corrected chi connectivity index (χ0v) is 19.9. The topological polar surface area (TPSA) is 89.4 Å². The lowest BCUT2D eigenvalue weighted by Crippen LogP contribution is -2.10. The van der Waals surface area contributed by atoms with E-state index in [0.29, 0.717) is 16.3 Å². The highest BCUT2D eigenvalue weighted by Gasteiger charge is 2.21. The number of hydrogen-bond acceptors (Lipinski definition) is 7. The maximum atomic E-state index is 12.4. The third-order valence-corrected chi connectivity index (χ3v) is 7.29. The minimum Gasteiger partial charge on any atom is -0.309 e. The van der Waals surface area contributed by atoms with Gasteiger partial charge >= 0.3 is 0 Å². The Morgan fingerprint density at radius 3 is 2.61 bits per heavy atom. The normalized spacial score (nSPS) is 11.3. The molecule has 9 heteroatoms. The van der Waals surface area contributed by atoms with Crippen LogP contribution in [0.3, 0.4) is 0 Å². The van der Waals surface area contributed by atoms with E-state index < -0.39 is 0 Å². The average Bonchev–Trinajstić information content (AvgIpc) is 3.50. The number of thiophene rings is 1. The van der Waals surface area contributed by atoms with Gasteiger partial charge in [-0.05, 0) is 47.5 Å². The fourth-order valence-electron chi connectivity index (χ4n) is 3.87.